The summed E-state index contributed by atoms with van der Waals surface area (Å²) in [6, 6.07) is 11.6. The minimum absolute atomic E-state index is 0.241. The second kappa shape index (κ2) is 6.59. The van der Waals surface area contributed by atoms with Crippen LogP contribution in [0.3, 0.4) is 0 Å². The lowest BCUT2D eigenvalue weighted by molar-refractivity contribution is 0.0698. The fourth-order valence-electron chi connectivity index (χ4n) is 3.22. The molecule has 0 radical (unpaired) electrons. The van der Waals surface area contributed by atoms with Gasteiger partial charge in [-0.1, -0.05) is 12.1 Å². The molecule has 1 aliphatic heterocycles. The van der Waals surface area contributed by atoms with Crippen molar-refractivity contribution in [2.24, 2.45) is 0 Å². The normalized spacial score (nSPS) is 16.8. The van der Waals surface area contributed by atoms with Crippen LogP contribution in [-0.4, -0.2) is 41.2 Å². The Morgan fingerprint density at radius 2 is 1.96 bits per heavy atom. The molecule has 3 rings (SSSR count). The van der Waals surface area contributed by atoms with Crippen molar-refractivity contribution in [1.29, 1.82) is 0 Å². The molecule has 0 atom stereocenters. The molecule has 0 unspecified atom stereocenters. The van der Waals surface area contributed by atoms with Crippen LogP contribution >= 0.6 is 0 Å². The number of ether oxygens (including phenoxy) is 1. The third-order valence-corrected chi connectivity index (χ3v) is 4.59. The molecule has 1 saturated heterocycles. The zero-order chi connectivity index (χ0) is 16.4. The second-order valence-corrected chi connectivity index (χ2v) is 6.44. The summed E-state index contributed by atoms with van der Waals surface area (Å²) in [5.74, 6) is -0.0756. The average Bonchev–Trinajstić information content (AvgIpc) is 2.54. The number of likely N-dealkylation sites (tertiary alicyclic amines) is 1. The molecule has 0 spiro atoms. The van der Waals surface area contributed by atoms with Gasteiger partial charge in [-0.3, -0.25) is 0 Å². The number of rotatable bonds is 4. The maximum Gasteiger partial charge on any atom is 0.336 e. The number of piperidine rings is 1. The first-order valence-corrected chi connectivity index (χ1v) is 8.21. The molecule has 1 fully saturated rings. The number of aromatic carboxylic acids is 1. The molecule has 122 valence electrons. The molecule has 0 saturated carbocycles. The SMILES string of the molecule is CC(C)N1CCC(Oc2ccc3c(C(=O)O)cccc3c2)CC1. The molecule has 1 aliphatic rings. The fraction of sp³-hybridized carbons (Fsp3) is 0.421. The van der Waals surface area contributed by atoms with E-state index in [2.05, 4.69) is 18.7 Å². The van der Waals surface area contributed by atoms with Gasteiger partial charge in [0.1, 0.15) is 11.9 Å². The number of carboxylic acids is 1. The lowest BCUT2D eigenvalue weighted by atomic mass is 10.0. The van der Waals surface area contributed by atoms with E-state index in [4.69, 9.17) is 4.74 Å². The molecule has 0 aromatic heterocycles. The third-order valence-electron chi connectivity index (χ3n) is 4.59. The van der Waals surface area contributed by atoms with Gasteiger partial charge >= 0.3 is 5.97 Å². The first-order chi connectivity index (χ1) is 11.0. The zero-order valence-corrected chi connectivity index (χ0v) is 13.7. The summed E-state index contributed by atoms with van der Waals surface area (Å²) in [6.07, 6.45) is 2.31. The van der Waals surface area contributed by atoms with E-state index in [9.17, 15) is 9.90 Å². The van der Waals surface area contributed by atoms with Gasteiger partial charge in [-0.15, -0.1) is 0 Å². The summed E-state index contributed by atoms with van der Waals surface area (Å²) < 4.78 is 6.12. The molecule has 2 aromatic carbocycles. The predicted octanol–water partition coefficient (Wildman–Crippen LogP) is 3.79. The predicted molar refractivity (Wildman–Crippen MR) is 91.3 cm³/mol. The van der Waals surface area contributed by atoms with Crippen LogP contribution in [0.1, 0.15) is 37.0 Å². The number of benzene rings is 2. The Kier molecular flexibility index (Phi) is 4.53. The maximum atomic E-state index is 11.3. The minimum Gasteiger partial charge on any atom is -0.490 e. The van der Waals surface area contributed by atoms with Gasteiger partial charge in [0.15, 0.2) is 0 Å². The van der Waals surface area contributed by atoms with E-state index in [1.165, 1.54) is 0 Å². The molecule has 1 heterocycles. The van der Waals surface area contributed by atoms with Crippen LogP contribution < -0.4 is 4.74 Å². The van der Waals surface area contributed by atoms with Gasteiger partial charge in [-0.2, -0.15) is 0 Å². The lowest BCUT2D eigenvalue weighted by Crippen LogP contribution is -2.41. The highest BCUT2D eigenvalue weighted by Crippen LogP contribution is 2.26. The van der Waals surface area contributed by atoms with E-state index in [0.717, 1.165) is 42.5 Å². The molecule has 0 bridgehead atoms. The van der Waals surface area contributed by atoms with Gasteiger partial charge in [0.25, 0.3) is 0 Å². The maximum absolute atomic E-state index is 11.3. The zero-order valence-electron chi connectivity index (χ0n) is 13.7. The van der Waals surface area contributed by atoms with Gasteiger partial charge in [0, 0.05) is 19.1 Å². The molecule has 0 amide bonds. The summed E-state index contributed by atoms with van der Waals surface area (Å²) >= 11 is 0. The topological polar surface area (TPSA) is 49.8 Å². The van der Waals surface area contributed by atoms with Crippen molar-refractivity contribution in [1.82, 2.24) is 4.90 Å². The summed E-state index contributed by atoms with van der Waals surface area (Å²) in [4.78, 5) is 13.7. The number of fused-ring (bicyclic) bond motifs is 1. The van der Waals surface area contributed by atoms with Crippen LogP contribution in [0.2, 0.25) is 0 Å². The summed E-state index contributed by atoms with van der Waals surface area (Å²) in [5, 5.41) is 10.9. The van der Waals surface area contributed by atoms with Crippen LogP contribution in [0, 0.1) is 0 Å². The van der Waals surface area contributed by atoms with Gasteiger partial charge in [-0.05, 0) is 61.7 Å². The van der Waals surface area contributed by atoms with Crippen molar-refractivity contribution < 1.29 is 14.6 Å². The van der Waals surface area contributed by atoms with Crippen molar-refractivity contribution in [2.75, 3.05) is 13.1 Å². The molecular formula is C19H23NO3. The van der Waals surface area contributed by atoms with Crippen molar-refractivity contribution >= 4 is 16.7 Å². The molecule has 4 heteroatoms. The lowest BCUT2D eigenvalue weighted by Gasteiger charge is -2.34. The first-order valence-electron chi connectivity index (χ1n) is 8.21. The Morgan fingerprint density at radius 1 is 1.22 bits per heavy atom. The average molecular weight is 313 g/mol. The van der Waals surface area contributed by atoms with Crippen LogP contribution in [0.25, 0.3) is 10.8 Å². The van der Waals surface area contributed by atoms with Crippen LogP contribution in [0.15, 0.2) is 36.4 Å². The molecule has 23 heavy (non-hydrogen) atoms. The Bertz CT molecular complexity index is 703. The highest BCUT2D eigenvalue weighted by Gasteiger charge is 2.22. The highest BCUT2D eigenvalue weighted by molar-refractivity contribution is 6.03. The summed E-state index contributed by atoms with van der Waals surface area (Å²) in [6.45, 7) is 6.59. The van der Waals surface area contributed by atoms with Crippen molar-refractivity contribution in [3.05, 3.63) is 42.0 Å². The largest absolute Gasteiger partial charge is 0.490 e. The number of hydrogen-bond acceptors (Lipinski definition) is 3. The molecular weight excluding hydrogens is 290 g/mol. The Balaban J connectivity index is 1.73. The van der Waals surface area contributed by atoms with E-state index in [-0.39, 0.29) is 6.10 Å². The van der Waals surface area contributed by atoms with Gasteiger partial charge < -0.3 is 14.7 Å². The third kappa shape index (κ3) is 3.48. The van der Waals surface area contributed by atoms with E-state index >= 15 is 0 Å². The van der Waals surface area contributed by atoms with Crippen molar-refractivity contribution in [2.45, 2.75) is 38.8 Å². The minimum atomic E-state index is -0.898. The summed E-state index contributed by atoms with van der Waals surface area (Å²) in [5.41, 5.74) is 0.333. The molecule has 0 aliphatic carbocycles. The Hall–Kier alpha value is -2.07. The van der Waals surface area contributed by atoms with E-state index in [1.54, 1.807) is 12.1 Å². The van der Waals surface area contributed by atoms with Crippen molar-refractivity contribution in [3.63, 3.8) is 0 Å². The number of carboxylic acid groups (broad SMARTS) is 1. The summed E-state index contributed by atoms with van der Waals surface area (Å²) in [7, 11) is 0. The Labute approximate surface area is 136 Å². The van der Waals surface area contributed by atoms with E-state index in [0.29, 0.717) is 11.6 Å². The molecule has 4 nitrogen and oxygen atoms in total. The number of hydrogen-bond donors (Lipinski definition) is 1. The monoisotopic (exact) mass is 313 g/mol. The van der Waals surface area contributed by atoms with E-state index in [1.807, 2.05) is 24.3 Å². The molecule has 2 aromatic rings. The first kappa shape index (κ1) is 15.8. The van der Waals surface area contributed by atoms with Gasteiger partial charge in [0.2, 0.25) is 0 Å². The number of carbonyl (C=O) groups is 1. The highest BCUT2D eigenvalue weighted by atomic mass is 16.5. The van der Waals surface area contributed by atoms with Crippen molar-refractivity contribution in [3.8, 4) is 5.75 Å². The van der Waals surface area contributed by atoms with E-state index < -0.39 is 5.97 Å². The second-order valence-electron chi connectivity index (χ2n) is 6.44. The fourth-order valence-corrected chi connectivity index (χ4v) is 3.22. The smallest absolute Gasteiger partial charge is 0.336 e. The van der Waals surface area contributed by atoms with Crippen LogP contribution in [0.4, 0.5) is 0 Å². The standard InChI is InChI=1S/C19H23NO3/c1-13(2)20-10-8-15(9-11-20)23-16-6-7-17-14(12-16)4-3-5-18(17)19(21)22/h3-7,12-13,15H,8-11H2,1-2H3,(H,21,22). The molecule has 1 N–H and O–H groups in total. The van der Waals surface area contributed by atoms with Gasteiger partial charge in [-0.25, -0.2) is 4.79 Å². The van der Waals surface area contributed by atoms with Crippen LogP contribution in [0.5, 0.6) is 5.75 Å². The van der Waals surface area contributed by atoms with Gasteiger partial charge in [0.05, 0.1) is 5.56 Å². The van der Waals surface area contributed by atoms with Crippen LogP contribution in [-0.2, 0) is 0 Å². The Morgan fingerprint density at radius 3 is 2.61 bits per heavy atom. The quantitative estimate of drug-likeness (QED) is 0.933. The number of nitrogens with zero attached hydrogens (tertiary/aromatic N) is 1.